The van der Waals surface area contributed by atoms with Crippen molar-refractivity contribution in [3.8, 4) is 0 Å². The maximum Gasteiger partial charge on any atom is 0.408 e. The van der Waals surface area contributed by atoms with Crippen molar-refractivity contribution in [2.45, 2.75) is 123 Å². The second-order valence-electron chi connectivity index (χ2n) is 14.4. The summed E-state index contributed by atoms with van der Waals surface area (Å²) in [6.45, 7) is 13.3. The fourth-order valence-electron chi connectivity index (χ4n) is 5.25. The van der Waals surface area contributed by atoms with Gasteiger partial charge in [-0.15, -0.1) is 0 Å². The SMILES string of the molecule is CC(C)C[C@H](NC(=O)CC(O)[C@H](CC(C)C)NC(=O)CCC(=O)[C@H](Cc1ccccc1)NC(=O)OC(C)(C)C)C(=O)NCc1ccccc1. The van der Waals surface area contributed by atoms with Crippen LogP contribution in [0.1, 0.15) is 91.7 Å². The lowest BCUT2D eigenvalue weighted by molar-refractivity contribution is -0.131. The molecule has 11 heteroatoms. The number of Topliss-reactive ketones (excluding diaryl/α,β-unsaturated/α-hetero) is 1. The summed E-state index contributed by atoms with van der Waals surface area (Å²) in [4.78, 5) is 64.9. The summed E-state index contributed by atoms with van der Waals surface area (Å²) in [5.74, 6) is -1.43. The van der Waals surface area contributed by atoms with Crippen molar-refractivity contribution in [3.63, 3.8) is 0 Å². The summed E-state index contributed by atoms with van der Waals surface area (Å²) in [5.41, 5.74) is 1.02. The Balaban J connectivity index is 2.01. The average Bonchev–Trinajstić information content (AvgIpc) is 3.01. The number of alkyl carbamates (subject to hydrolysis) is 1. The van der Waals surface area contributed by atoms with Gasteiger partial charge in [0.15, 0.2) is 5.78 Å². The Hall–Kier alpha value is -4.25. The van der Waals surface area contributed by atoms with Crippen LogP contribution in [0.2, 0.25) is 0 Å². The zero-order valence-corrected chi connectivity index (χ0v) is 30.1. The van der Waals surface area contributed by atoms with E-state index in [4.69, 9.17) is 4.74 Å². The molecule has 2 aromatic rings. The third-order valence-electron chi connectivity index (χ3n) is 7.56. The van der Waals surface area contributed by atoms with Crippen LogP contribution in [0.3, 0.4) is 0 Å². The molecule has 0 aliphatic rings. The minimum atomic E-state index is -1.23. The van der Waals surface area contributed by atoms with Gasteiger partial charge in [0.1, 0.15) is 11.6 Å². The Morgan fingerprint density at radius 3 is 1.84 bits per heavy atom. The predicted octanol–water partition coefficient (Wildman–Crippen LogP) is 4.60. The van der Waals surface area contributed by atoms with E-state index in [1.807, 2.05) is 88.4 Å². The van der Waals surface area contributed by atoms with Crippen LogP contribution in [0.5, 0.6) is 0 Å². The number of carbonyl (C=O) groups excluding carboxylic acids is 5. The van der Waals surface area contributed by atoms with Crippen molar-refractivity contribution < 1.29 is 33.8 Å². The largest absolute Gasteiger partial charge is 0.444 e. The first-order valence-electron chi connectivity index (χ1n) is 17.2. The molecule has 0 aliphatic heterocycles. The predicted molar refractivity (Wildman–Crippen MR) is 189 cm³/mol. The van der Waals surface area contributed by atoms with Crippen molar-refractivity contribution in [3.05, 3.63) is 71.8 Å². The molecule has 0 aromatic heterocycles. The van der Waals surface area contributed by atoms with Crippen LogP contribution < -0.4 is 21.3 Å². The molecule has 4 atom stereocenters. The van der Waals surface area contributed by atoms with Gasteiger partial charge in [0.05, 0.1) is 24.6 Å². The van der Waals surface area contributed by atoms with E-state index in [9.17, 15) is 29.1 Å². The lowest BCUT2D eigenvalue weighted by Crippen LogP contribution is -2.50. The van der Waals surface area contributed by atoms with Crippen LogP contribution in [0.15, 0.2) is 60.7 Å². The number of nitrogens with one attached hydrogen (secondary N) is 4. The zero-order chi connectivity index (χ0) is 36.6. The fourth-order valence-corrected chi connectivity index (χ4v) is 5.25. The maximum atomic E-state index is 13.3. The third kappa shape index (κ3) is 17.1. The van der Waals surface area contributed by atoms with Gasteiger partial charge in [0.25, 0.3) is 0 Å². The molecule has 0 bridgehead atoms. The molecule has 270 valence electrons. The minimum Gasteiger partial charge on any atom is -0.444 e. The molecule has 2 rings (SSSR count). The molecule has 5 N–H and O–H groups in total. The van der Waals surface area contributed by atoms with Crippen LogP contribution in [-0.2, 0) is 36.9 Å². The highest BCUT2D eigenvalue weighted by Gasteiger charge is 2.29. The number of benzene rings is 2. The monoisotopic (exact) mass is 680 g/mol. The van der Waals surface area contributed by atoms with Gasteiger partial charge in [0.2, 0.25) is 17.7 Å². The summed E-state index contributed by atoms with van der Waals surface area (Å²) < 4.78 is 5.35. The van der Waals surface area contributed by atoms with Crippen molar-refractivity contribution in [1.82, 2.24) is 21.3 Å². The van der Waals surface area contributed by atoms with E-state index in [0.717, 1.165) is 11.1 Å². The molecular weight excluding hydrogens is 624 g/mol. The second-order valence-corrected chi connectivity index (χ2v) is 14.4. The number of aliphatic hydroxyl groups excluding tert-OH is 1. The molecular formula is C38H56N4O7. The van der Waals surface area contributed by atoms with E-state index in [1.165, 1.54) is 0 Å². The fraction of sp³-hybridized carbons (Fsp3) is 0.553. The van der Waals surface area contributed by atoms with Crippen LogP contribution >= 0.6 is 0 Å². The number of hydrogen-bond donors (Lipinski definition) is 5. The third-order valence-corrected chi connectivity index (χ3v) is 7.56. The van der Waals surface area contributed by atoms with E-state index in [0.29, 0.717) is 19.4 Å². The Morgan fingerprint density at radius 2 is 1.29 bits per heavy atom. The van der Waals surface area contributed by atoms with Crippen molar-refractivity contribution in [1.29, 1.82) is 0 Å². The highest BCUT2D eigenvalue weighted by molar-refractivity contribution is 5.91. The van der Waals surface area contributed by atoms with E-state index < -0.39 is 47.7 Å². The van der Waals surface area contributed by atoms with Crippen LogP contribution in [0.25, 0.3) is 0 Å². The number of ketones is 1. The normalized spacial score (nSPS) is 13.9. The summed E-state index contributed by atoms with van der Waals surface area (Å²) in [5, 5.41) is 22.2. The van der Waals surface area contributed by atoms with Crippen molar-refractivity contribution in [2.75, 3.05) is 0 Å². The molecule has 11 nitrogen and oxygen atoms in total. The minimum absolute atomic E-state index is 0.0791. The molecule has 0 spiro atoms. The van der Waals surface area contributed by atoms with Gasteiger partial charge in [-0.25, -0.2) is 4.79 Å². The quantitative estimate of drug-likeness (QED) is 0.145. The first kappa shape index (κ1) is 40.9. The lowest BCUT2D eigenvalue weighted by atomic mass is 9.96. The van der Waals surface area contributed by atoms with E-state index >= 15 is 0 Å². The number of ether oxygens (including phenoxy) is 1. The highest BCUT2D eigenvalue weighted by Crippen LogP contribution is 2.14. The molecule has 0 heterocycles. The summed E-state index contributed by atoms with van der Waals surface area (Å²) >= 11 is 0. The number of hydrogen-bond acceptors (Lipinski definition) is 7. The van der Waals surface area contributed by atoms with Gasteiger partial charge >= 0.3 is 6.09 Å². The lowest BCUT2D eigenvalue weighted by Gasteiger charge is -2.27. The van der Waals surface area contributed by atoms with Gasteiger partial charge in [-0.2, -0.15) is 0 Å². The van der Waals surface area contributed by atoms with Crippen molar-refractivity contribution in [2.24, 2.45) is 11.8 Å². The highest BCUT2D eigenvalue weighted by atomic mass is 16.6. The summed E-state index contributed by atoms with van der Waals surface area (Å²) in [7, 11) is 0. The molecule has 4 amide bonds. The number of aliphatic hydroxyl groups is 1. The Morgan fingerprint density at radius 1 is 0.714 bits per heavy atom. The molecule has 0 saturated heterocycles. The first-order chi connectivity index (χ1) is 23.0. The average molecular weight is 681 g/mol. The van der Waals surface area contributed by atoms with E-state index in [-0.39, 0.29) is 49.2 Å². The van der Waals surface area contributed by atoms with Crippen LogP contribution in [0, 0.1) is 11.8 Å². The van der Waals surface area contributed by atoms with Crippen LogP contribution in [0.4, 0.5) is 4.79 Å². The molecule has 0 aliphatic carbocycles. The second kappa shape index (κ2) is 20.3. The van der Waals surface area contributed by atoms with E-state index in [2.05, 4.69) is 21.3 Å². The topological polar surface area (TPSA) is 163 Å². The maximum absolute atomic E-state index is 13.3. The van der Waals surface area contributed by atoms with Crippen LogP contribution in [-0.4, -0.2) is 64.5 Å². The molecule has 49 heavy (non-hydrogen) atoms. The number of carbonyl (C=O) groups is 5. The van der Waals surface area contributed by atoms with E-state index in [1.54, 1.807) is 20.8 Å². The Labute approximate surface area is 291 Å². The smallest absolute Gasteiger partial charge is 0.408 e. The molecule has 1 unspecified atom stereocenters. The first-order valence-corrected chi connectivity index (χ1v) is 17.2. The molecule has 0 saturated carbocycles. The number of rotatable bonds is 19. The Kier molecular flexibility index (Phi) is 17.0. The summed E-state index contributed by atoms with van der Waals surface area (Å²) in [6.07, 6.45) is -1.58. The Bertz CT molecular complexity index is 1340. The van der Waals surface area contributed by atoms with Gasteiger partial charge in [0, 0.05) is 19.4 Å². The van der Waals surface area contributed by atoms with Gasteiger partial charge in [-0.05, 0) is 63.0 Å². The molecule has 0 radical (unpaired) electrons. The van der Waals surface area contributed by atoms with Gasteiger partial charge < -0.3 is 31.1 Å². The zero-order valence-electron chi connectivity index (χ0n) is 30.1. The standard InChI is InChI=1S/C38H56N4O7/c1-25(2)20-29(33(44)23-35(46)41-31(21-26(3)4)36(47)39-24-28-16-12-9-13-17-28)40-34(45)19-18-32(43)30(22-27-14-10-8-11-15-27)42-37(48)49-38(5,6)7/h8-17,25-26,29-31,33,44H,18-24H2,1-7H3,(H,39,47)(H,40,45)(H,41,46)(H,42,48)/t29-,30-,31-,33?/m0/s1. The molecule has 2 aromatic carbocycles. The summed E-state index contributed by atoms with van der Waals surface area (Å²) in [6, 6.07) is 16.2. The van der Waals surface area contributed by atoms with Crippen molar-refractivity contribution >= 4 is 29.6 Å². The van der Waals surface area contributed by atoms with Gasteiger partial charge in [-0.3, -0.25) is 19.2 Å². The number of amides is 4. The molecule has 0 fully saturated rings. The van der Waals surface area contributed by atoms with Gasteiger partial charge in [-0.1, -0.05) is 88.4 Å².